The summed E-state index contributed by atoms with van der Waals surface area (Å²) in [5.74, 6) is -0.548. The van der Waals surface area contributed by atoms with E-state index in [4.69, 9.17) is 5.73 Å². The first kappa shape index (κ1) is 12.7. The topological polar surface area (TPSA) is 95.5 Å². The van der Waals surface area contributed by atoms with E-state index in [9.17, 15) is 14.9 Å². The van der Waals surface area contributed by atoms with Gasteiger partial charge in [0.1, 0.15) is 0 Å². The number of nitrogens with zero attached hydrogens (tertiary/aromatic N) is 1. The van der Waals surface area contributed by atoms with Gasteiger partial charge in [-0.15, -0.1) is 0 Å². The molecular formula is C11H12N2O4. The van der Waals surface area contributed by atoms with Crippen LogP contribution in [0.15, 0.2) is 18.2 Å². The molecule has 0 aromatic heterocycles. The quantitative estimate of drug-likeness (QED) is 0.283. The molecule has 90 valence electrons. The summed E-state index contributed by atoms with van der Waals surface area (Å²) < 4.78 is 4.42. The Morgan fingerprint density at radius 3 is 2.71 bits per heavy atom. The first-order valence-electron chi connectivity index (χ1n) is 4.76. The van der Waals surface area contributed by atoms with E-state index in [1.807, 2.05) is 0 Å². The van der Waals surface area contributed by atoms with Gasteiger partial charge in [-0.2, -0.15) is 0 Å². The van der Waals surface area contributed by atoms with Crippen molar-refractivity contribution in [2.45, 2.75) is 6.92 Å². The smallest absolute Gasteiger partial charge is 0.330 e. The minimum atomic E-state index is -0.548. The number of rotatable bonds is 3. The zero-order chi connectivity index (χ0) is 13.0. The maximum Gasteiger partial charge on any atom is 0.330 e. The molecule has 17 heavy (non-hydrogen) atoms. The second kappa shape index (κ2) is 5.11. The largest absolute Gasteiger partial charge is 0.466 e. The highest BCUT2D eigenvalue weighted by Gasteiger charge is 2.11. The lowest BCUT2D eigenvalue weighted by Gasteiger charge is -2.04. The molecule has 0 aliphatic carbocycles. The molecule has 0 saturated heterocycles. The summed E-state index contributed by atoms with van der Waals surface area (Å²) in [6.45, 7) is 1.66. The third-order valence-electron chi connectivity index (χ3n) is 2.21. The molecule has 1 aromatic rings. The number of nitrogen functional groups attached to an aromatic ring is 1. The van der Waals surface area contributed by atoms with Gasteiger partial charge in [-0.1, -0.05) is 0 Å². The summed E-state index contributed by atoms with van der Waals surface area (Å²) in [7, 11) is 1.24. The van der Waals surface area contributed by atoms with Crippen molar-refractivity contribution < 1.29 is 14.5 Å². The molecule has 0 atom stereocenters. The number of esters is 1. The Labute approximate surface area is 97.8 Å². The molecule has 6 heteroatoms. The van der Waals surface area contributed by atoms with Crippen LogP contribution in [0.25, 0.3) is 6.08 Å². The third-order valence-corrected chi connectivity index (χ3v) is 2.21. The van der Waals surface area contributed by atoms with Crippen LogP contribution in [0.1, 0.15) is 11.1 Å². The molecule has 0 aliphatic heterocycles. The van der Waals surface area contributed by atoms with Crippen LogP contribution in [0.2, 0.25) is 0 Å². The van der Waals surface area contributed by atoms with Crippen LogP contribution >= 0.6 is 0 Å². The van der Waals surface area contributed by atoms with Gasteiger partial charge in [0.05, 0.1) is 12.0 Å². The van der Waals surface area contributed by atoms with Crippen LogP contribution in [-0.2, 0) is 9.53 Å². The van der Waals surface area contributed by atoms with E-state index >= 15 is 0 Å². The van der Waals surface area contributed by atoms with Crippen LogP contribution in [-0.4, -0.2) is 18.0 Å². The van der Waals surface area contributed by atoms with E-state index in [-0.39, 0.29) is 5.69 Å². The number of non-ortho nitro benzene ring substituents is 1. The molecule has 0 fully saturated rings. The number of carbonyl (C=O) groups is 1. The summed E-state index contributed by atoms with van der Waals surface area (Å²) in [6, 6.07) is 2.69. The fraction of sp³-hybridized carbons (Fsp3) is 0.182. The molecule has 0 radical (unpaired) electrons. The van der Waals surface area contributed by atoms with E-state index in [0.717, 1.165) is 6.08 Å². The minimum Gasteiger partial charge on any atom is -0.466 e. The average molecular weight is 236 g/mol. The molecule has 1 aromatic carbocycles. The molecule has 2 N–H and O–H groups in total. The van der Waals surface area contributed by atoms with Crippen molar-refractivity contribution in [1.82, 2.24) is 0 Å². The SMILES string of the molecule is COC(=O)C=Cc1cc([N+](=O)[O-])cc(C)c1N. The Kier molecular flexibility index (Phi) is 3.82. The van der Waals surface area contributed by atoms with Gasteiger partial charge in [0, 0.05) is 29.5 Å². The molecule has 6 nitrogen and oxygen atoms in total. The summed E-state index contributed by atoms with van der Waals surface area (Å²) >= 11 is 0. The van der Waals surface area contributed by atoms with Crippen molar-refractivity contribution in [3.8, 4) is 0 Å². The van der Waals surface area contributed by atoms with Crippen LogP contribution in [0.4, 0.5) is 11.4 Å². The Balaban J connectivity index is 3.18. The molecule has 0 saturated carbocycles. The lowest BCUT2D eigenvalue weighted by atomic mass is 10.1. The van der Waals surface area contributed by atoms with Gasteiger partial charge in [-0.3, -0.25) is 10.1 Å². The van der Waals surface area contributed by atoms with E-state index in [2.05, 4.69) is 4.74 Å². The Morgan fingerprint density at radius 1 is 1.53 bits per heavy atom. The molecule has 0 heterocycles. The number of hydrogen-bond donors (Lipinski definition) is 1. The Bertz CT molecular complexity index is 494. The maximum atomic E-state index is 10.9. The molecule has 0 unspecified atom stereocenters. The number of hydrogen-bond acceptors (Lipinski definition) is 5. The lowest BCUT2D eigenvalue weighted by molar-refractivity contribution is -0.384. The van der Waals surface area contributed by atoms with Crippen LogP contribution < -0.4 is 5.73 Å². The fourth-order valence-electron chi connectivity index (χ4n) is 1.28. The summed E-state index contributed by atoms with van der Waals surface area (Å²) in [4.78, 5) is 21.1. The van der Waals surface area contributed by atoms with Gasteiger partial charge in [0.15, 0.2) is 0 Å². The zero-order valence-electron chi connectivity index (χ0n) is 9.47. The summed E-state index contributed by atoms with van der Waals surface area (Å²) in [5.41, 5.74) is 7.09. The van der Waals surface area contributed by atoms with E-state index in [1.54, 1.807) is 6.92 Å². The zero-order valence-corrected chi connectivity index (χ0v) is 9.47. The number of anilines is 1. The molecule has 0 aliphatic rings. The van der Waals surface area contributed by atoms with Gasteiger partial charge in [0.2, 0.25) is 0 Å². The number of nitrogens with two attached hydrogens (primary N) is 1. The second-order valence-corrected chi connectivity index (χ2v) is 3.38. The molecule has 0 amide bonds. The summed E-state index contributed by atoms with van der Waals surface area (Å²) in [5, 5.41) is 10.7. The lowest BCUT2D eigenvalue weighted by Crippen LogP contribution is -1.98. The van der Waals surface area contributed by atoms with Gasteiger partial charge in [0.25, 0.3) is 5.69 Å². The van der Waals surface area contributed by atoms with E-state index < -0.39 is 10.9 Å². The number of methoxy groups -OCH3 is 1. The van der Waals surface area contributed by atoms with Crippen LogP contribution in [0.5, 0.6) is 0 Å². The van der Waals surface area contributed by atoms with Crippen molar-refractivity contribution in [2.75, 3.05) is 12.8 Å². The predicted molar refractivity (Wildman–Crippen MR) is 63.3 cm³/mol. The number of benzene rings is 1. The number of aryl methyl sites for hydroxylation is 1. The van der Waals surface area contributed by atoms with Crippen LogP contribution in [0, 0.1) is 17.0 Å². The van der Waals surface area contributed by atoms with Crippen molar-refractivity contribution in [3.05, 3.63) is 39.4 Å². The third kappa shape index (κ3) is 3.04. The molecular weight excluding hydrogens is 224 g/mol. The Hall–Kier alpha value is -2.37. The van der Waals surface area contributed by atoms with Crippen LogP contribution in [0.3, 0.4) is 0 Å². The van der Waals surface area contributed by atoms with Gasteiger partial charge < -0.3 is 10.5 Å². The monoisotopic (exact) mass is 236 g/mol. The van der Waals surface area contributed by atoms with Gasteiger partial charge >= 0.3 is 5.97 Å². The Morgan fingerprint density at radius 2 is 2.18 bits per heavy atom. The highest BCUT2D eigenvalue weighted by molar-refractivity contribution is 5.88. The molecule has 0 spiro atoms. The van der Waals surface area contributed by atoms with Gasteiger partial charge in [-0.25, -0.2) is 4.79 Å². The number of nitro benzene ring substituents is 1. The highest BCUT2D eigenvalue weighted by Crippen LogP contribution is 2.25. The van der Waals surface area contributed by atoms with Gasteiger partial charge in [-0.05, 0) is 18.6 Å². The number of nitro groups is 1. The number of ether oxygens (including phenoxy) is 1. The average Bonchev–Trinajstić information content (AvgIpc) is 2.30. The van der Waals surface area contributed by atoms with Crippen molar-refractivity contribution in [2.24, 2.45) is 0 Å². The standard InChI is InChI=1S/C11H12N2O4/c1-7-5-9(13(15)16)6-8(11(7)12)3-4-10(14)17-2/h3-6H,12H2,1-2H3. The predicted octanol–water partition coefficient (Wildman–Crippen LogP) is 1.67. The van der Waals surface area contributed by atoms with Crippen molar-refractivity contribution in [1.29, 1.82) is 0 Å². The first-order chi connectivity index (χ1) is 7.95. The fourth-order valence-corrected chi connectivity index (χ4v) is 1.28. The highest BCUT2D eigenvalue weighted by atomic mass is 16.6. The first-order valence-corrected chi connectivity index (χ1v) is 4.76. The minimum absolute atomic E-state index is 0.0683. The molecule has 1 rings (SSSR count). The summed E-state index contributed by atoms with van der Waals surface area (Å²) in [6.07, 6.45) is 2.55. The van der Waals surface area contributed by atoms with Crippen molar-refractivity contribution >= 4 is 23.4 Å². The normalized spacial score (nSPS) is 10.5. The maximum absolute atomic E-state index is 10.9. The number of carbonyl (C=O) groups excluding carboxylic acids is 1. The van der Waals surface area contributed by atoms with Crippen molar-refractivity contribution in [3.63, 3.8) is 0 Å². The van der Waals surface area contributed by atoms with E-state index in [0.29, 0.717) is 16.8 Å². The van der Waals surface area contributed by atoms with E-state index in [1.165, 1.54) is 25.3 Å². The second-order valence-electron chi connectivity index (χ2n) is 3.38. The molecule has 0 bridgehead atoms.